The zero-order chi connectivity index (χ0) is 18.2. The summed E-state index contributed by atoms with van der Waals surface area (Å²) in [7, 11) is 0. The Morgan fingerprint density at radius 3 is 2.88 bits per heavy atom. The van der Waals surface area contributed by atoms with Crippen LogP contribution in [0.5, 0.6) is 0 Å². The summed E-state index contributed by atoms with van der Waals surface area (Å²) in [5, 5.41) is 12.3. The van der Waals surface area contributed by atoms with Crippen LogP contribution in [0.25, 0.3) is 0 Å². The van der Waals surface area contributed by atoms with Crippen LogP contribution in [-0.2, 0) is 11.3 Å². The average molecular weight is 378 g/mol. The van der Waals surface area contributed by atoms with Crippen LogP contribution in [0.2, 0.25) is 0 Å². The number of amides is 1. The fraction of sp³-hybridized carbons (Fsp3) is 0.650. The first kappa shape index (κ1) is 19.7. The number of benzene rings is 1. The van der Waals surface area contributed by atoms with Gasteiger partial charge in [-0.25, -0.2) is 0 Å². The van der Waals surface area contributed by atoms with Crippen molar-refractivity contribution in [2.24, 2.45) is 0 Å². The second kappa shape index (κ2) is 10.3. The van der Waals surface area contributed by atoms with Gasteiger partial charge in [0.25, 0.3) is 0 Å². The Labute approximate surface area is 161 Å². The Bertz CT molecular complexity index is 576. The number of carbonyl (C=O) groups excluding carboxylic acids is 1. The normalized spacial score (nSPS) is 22.3. The van der Waals surface area contributed by atoms with Crippen molar-refractivity contribution in [3.8, 4) is 0 Å². The minimum atomic E-state index is 0.0429. The Kier molecular flexibility index (Phi) is 7.80. The molecule has 1 aromatic carbocycles. The van der Waals surface area contributed by atoms with E-state index in [0.717, 1.165) is 51.1 Å². The molecule has 1 atom stereocenters. The van der Waals surface area contributed by atoms with Crippen LogP contribution in [0.1, 0.15) is 31.2 Å². The first-order valence-electron chi connectivity index (χ1n) is 9.78. The predicted octanol–water partition coefficient (Wildman–Crippen LogP) is 2.41. The molecule has 0 bridgehead atoms. The van der Waals surface area contributed by atoms with Gasteiger partial charge < -0.3 is 10.4 Å². The van der Waals surface area contributed by atoms with Crippen LogP contribution in [0.3, 0.4) is 0 Å². The largest absolute Gasteiger partial charge is 0.396 e. The van der Waals surface area contributed by atoms with Crippen molar-refractivity contribution in [1.29, 1.82) is 0 Å². The number of hydrogen-bond donors (Lipinski definition) is 2. The van der Waals surface area contributed by atoms with Gasteiger partial charge in [0.2, 0.25) is 5.91 Å². The highest BCUT2D eigenvalue weighted by molar-refractivity contribution is 7.99. The van der Waals surface area contributed by atoms with Gasteiger partial charge in [-0.3, -0.25) is 14.6 Å². The number of nitrogens with zero attached hydrogens (tertiary/aromatic N) is 2. The zero-order valence-corrected chi connectivity index (χ0v) is 16.3. The van der Waals surface area contributed by atoms with Gasteiger partial charge in [-0.1, -0.05) is 18.6 Å². The number of thioether (sulfide) groups is 1. The van der Waals surface area contributed by atoms with Crippen LogP contribution >= 0.6 is 11.8 Å². The number of carbonyl (C=O) groups is 1. The van der Waals surface area contributed by atoms with Crippen molar-refractivity contribution < 1.29 is 9.90 Å². The molecule has 2 heterocycles. The van der Waals surface area contributed by atoms with E-state index < -0.39 is 0 Å². The van der Waals surface area contributed by atoms with Gasteiger partial charge in [0.1, 0.15) is 0 Å². The highest BCUT2D eigenvalue weighted by Gasteiger charge is 2.23. The van der Waals surface area contributed by atoms with E-state index in [1.165, 1.54) is 23.5 Å². The summed E-state index contributed by atoms with van der Waals surface area (Å²) in [6, 6.07) is 8.57. The molecule has 26 heavy (non-hydrogen) atoms. The molecule has 6 heteroatoms. The van der Waals surface area contributed by atoms with Crippen molar-refractivity contribution in [1.82, 2.24) is 9.80 Å². The molecule has 2 aliphatic heterocycles. The molecule has 0 aromatic heterocycles. The molecule has 2 aliphatic rings. The molecule has 1 aromatic rings. The molecule has 0 saturated carbocycles. The number of rotatable bonds is 7. The Morgan fingerprint density at radius 2 is 2.08 bits per heavy atom. The summed E-state index contributed by atoms with van der Waals surface area (Å²) in [6.45, 7) is 4.79. The van der Waals surface area contributed by atoms with E-state index in [1.807, 2.05) is 23.9 Å². The number of anilines is 1. The van der Waals surface area contributed by atoms with Gasteiger partial charge in [0.15, 0.2) is 0 Å². The van der Waals surface area contributed by atoms with Crippen LogP contribution in [0.15, 0.2) is 24.3 Å². The van der Waals surface area contributed by atoms with Gasteiger partial charge in [0, 0.05) is 49.5 Å². The maximum absolute atomic E-state index is 12.5. The monoisotopic (exact) mass is 377 g/mol. The van der Waals surface area contributed by atoms with E-state index in [9.17, 15) is 9.90 Å². The minimum Gasteiger partial charge on any atom is -0.396 e. The molecule has 0 aliphatic carbocycles. The third-order valence-electron chi connectivity index (χ3n) is 5.28. The maximum Gasteiger partial charge on any atom is 0.238 e. The highest BCUT2D eigenvalue weighted by Crippen LogP contribution is 2.20. The van der Waals surface area contributed by atoms with E-state index in [4.69, 9.17) is 0 Å². The Hall–Kier alpha value is -1.08. The fourth-order valence-corrected chi connectivity index (χ4v) is 4.87. The van der Waals surface area contributed by atoms with E-state index in [-0.39, 0.29) is 12.5 Å². The van der Waals surface area contributed by atoms with Crippen LogP contribution in [0.4, 0.5) is 5.69 Å². The minimum absolute atomic E-state index is 0.0429. The molecule has 1 unspecified atom stereocenters. The molecule has 2 saturated heterocycles. The third-order valence-corrected chi connectivity index (χ3v) is 6.22. The van der Waals surface area contributed by atoms with Gasteiger partial charge in [-0.2, -0.15) is 11.8 Å². The lowest BCUT2D eigenvalue weighted by molar-refractivity contribution is -0.118. The molecule has 0 spiro atoms. The molecular weight excluding hydrogens is 346 g/mol. The standard InChI is InChI=1S/C20H31N3O2S/c24-11-7-19-6-1-2-8-23(19)16-20(25)21-18-5-3-4-17(14-18)15-22-9-12-26-13-10-22/h3-5,14,19,24H,1-2,6-13,15-16H2,(H,21,25). The van der Waals surface area contributed by atoms with Crippen LogP contribution in [-0.4, -0.2) is 71.1 Å². The lowest BCUT2D eigenvalue weighted by Gasteiger charge is -2.34. The predicted molar refractivity (Wildman–Crippen MR) is 109 cm³/mol. The molecule has 0 radical (unpaired) electrons. The lowest BCUT2D eigenvalue weighted by Crippen LogP contribution is -2.44. The van der Waals surface area contributed by atoms with Gasteiger partial charge >= 0.3 is 0 Å². The Balaban J connectivity index is 1.52. The first-order valence-corrected chi connectivity index (χ1v) is 10.9. The summed E-state index contributed by atoms with van der Waals surface area (Å²) in [5.41, 5.74) is 2.14. The molecule has 3 rings (SSSR count). The summed E-state index contributed by atoms with van der Waals surface area (Å²) in [5.74, 6) is 2.46. The first-order chi connectivity index (χ1) is 12.7. The van der Waals surface area contributed by atoms with Gasteiger partial charge in [0.05, 0.1) is 6.54 Å². The number of aliphatic hydroxyl groups is 1. The second-order valence-electron chi connectivity index (χ2n) is 7.27. The lowest BCUT2D eigenvalue weighted by atomic mass is 9.99. The smallest absolute Gasteiger partial charge is 0.238 e. The van der Waals surface area contributed by atoms with Crippen molar-refractivity contribution in [3.63, 3.8) is 0 Å². The van der Waals surface area contributed by atoms with Crippen molar-refractivity contribution >= 4 is 23.4 Å². The maximum atomic E-state index is 12.5. The van der Waals surface area contributed by atoms with E-state index in [2.05, 4.69) is 27.2 Å². The second-order valence-corrected chi connectivity index (χ2v) is 8.49. The molecule has 144 valence electrons. The quantitative estimate of drug-likeness (QED) is 0.764. The summed E-state index contributed by atoms with van der Waals surface area (Å²) in [4.78, 5) is 17.2. The molecule has 2 N–H and O–H groups in total. The molecule has 5 nitrogen and oxygen atoms in total. The number of piperidine rings is 1. The highest BCUT2D eigenvalue weighted by atomic mass is 32.2. The van der Waals surface area contributed by atoms with E-state index >= 15 is 0 Å². The zero-order valence-electron chi connectivity index (χ0n) is 15.5. The number of likely N-dealkylation sites (tertiary alicyclic amines) is 1. The Morgan fingerprint density at radius 1 is 1.23 bits per heavy atom. The number of hydrogen-bond acceptors (Lipinski definition) is 5. The molecular formula is C20H31N3O2S. The summed E-state index contributed by atoms with van der Waals surface area (Å²) in [6.07, 6.45) is 4.17. The average Bonchev–Trinajstić information content (AvgIpc) is 2.65. The third kappa shape index (κ3) is 5.98. The molecule has 1 amide bonds. The topological polar surface area (TPSA) is 55.8 Å². The molecule has 2 fully saturated rings. The fourth-order valence-electron chi connectivity index (χ4n) is 3.89. The summed E-state index contributed by atoms with van der Waals surface area (Å²) >= 11 is 2.02. The van der Waals surface area contributed by atoms with Crippen LogP contribution in [0, 0.1) is 0 Å². The summed E-state index contributed by atoms with van der Waals surface area (Å²) < 4.78 is 0. The number of aliphatic hydroxyl groups excluding tert-OH is 1. The van der Waals surface area contributed by atoms with Crippen LogP contribution < -0.4 is 5.32 Å². The van der Waals surface area contributed by atoms with Gasteiger partial charge in [-0.15, -0.1) is 0 Å². The van der Waals surface area contributed by atoms with Crippen molar-refractivity contribution in [3.05, 3.63) is 29.8 Å². The van der Waals surface area contributed by atoms with E-state index in [1.54, 1.807) is 0 Å². The SMILES string of the molecule is O=C(CN1CCCCC1CCO)Nc1cccc(CN2CCSCC2)c1. The van der Waals surface area contributed by atoms with E-state index in [0.29, 0.717) is 12.6 Å². The number of nitrogens with one attached hydrogen (secondary N) is 1. The van der Waals surface area contributed by atoms with Gasteiger partial charge in [-0.05, 0) is 43.5 Å². The van der Waals surface area contributed by atoms with Crippen molar-refractivity contribution in [2.75, 3.05) is 49.6 Å². The van der Waals surface area contributed by atoms with Crippen molar-refractivity contribution in [2.45, 2.75) is 38.3 Å².